The first-order valence-electron chi connectivity index (χ1n) is 14.0. The van der Waals surface area contributed by atoms with Gasteiger partial charge in [-0.05, 0) is 48.2 Å². The van der Waals surface area contributed by atoms with Gasteiger partial charge >= 0.3 is 0 Å². The monoisotopic (exact) mass is 582 g/mol. The minimum atomic E-state index is -0.944. The zero-order valence-electron chi connectivity index (χ0n) is 23.2. The van der Waals surface area contributed by atoms with E-state index in [1.54, 1.807) is 30.8 Å². The zero-order valence-corrected chi connectivity index (χ0v) is 24.0. The van der Waals surface area contributed by atoms with E-state index in [9.17, 15) is 9.59 Å². The van der Waals surface area contributed by atoms with Crippen molar-refractivity contribution in [1.82, 2.24) is 30.0 Å². The Hall–Kier alpha value is -4.19. The second kappa shape index (κ2) is 10.9. The van der Waals surface area contributed by atoms with Crippen molar-refractivity contribution in [2.24, 2.45) is 0 Å². The number of benzene rings is 1. The Morgan fingerprint density at radius 1 is 1.19 bits per heavy atom. The van der Waals surface area contributed by atoms with Crippen LogP contribution in [0.1, 0.15) is 23.4 Å². The molecular formula is C31H30N6O4S. The number of amides is 1. The molecule has 4 aromatic heterocycles. The summed E-state index contributed by atoms with van der Waals surface area (Å²) in [5, 5.41) is 12.3. The fourth-order valence-electron chi connectivity index (χ4n) is 5.97. The Morgan fingerprint density at radius 2 is 2.12 bits per heavy atom. The molecule has 2 aliphatic rings. The van der Waals surface area contributed by atoms with E-state index in [-0.39, 0.29) is 24.7 Å². The number of carbonyl (C=O) groups excluding carboxylic acids is 2. The van der Waals surface area contributed by atoms with Crippen molar-refractivity contribution < 1.29 is 18.7 Å². The first-order chi connectivity index (χ1) is 20.5. The molecule has 214 valence electrons. The number of nitrogens with zero attached hydrogens (tertiary/aromatic N) is 5. The Kier molecular flexibility index (Phi) is 6.93. The summed E-state index contributed by atoms with van der Waals surface area (Å²) in [7, 11) is 1.59. The van der Waals surface area contributed by atoms with Crippen LogP contribution in [0.3, 0.4) is 0 Å². The number of hydrogen-bond donors (Lipinski definition) is 1. The molecule has 5 aromatic rings. The molecule has 10 nitrogen and oxygen atoms in total. The van der Waals surface area contributed by atoms with Crippen LogP contribution in [0.2, 0.25) is 0 Å². The Bertz CT molecular complexity index is 1780. The van der Waals surface area contributed by atoms with Gasteiger partial charge in [0.15, 0.2) is 11.5 Å². The number of aromatic amines is 1. The van der Waals surface area contributed by atoms with Crippen LogP contribution in [0, 0.1) is 0 Å². The molecule has 0 unspecified atom stereocenters. The molecule has 11 heteroatoms. The Balaban J connectivity index is 1.02. The van der Waals surface area contributed by atoms with E-state index in [4.69, 9.17) is 9.15 Å². The number of furan rings is 1. The summed E-state index contributed by atoms with van der Waals surface area (Å²) in [5.41, 5.74) is 3.42. The lowest BCUT2D eigenvalue weighted by Gasteiger charge is -2.29. The van der Waals surface area contributed by atoms with Gasteiger partial charge in [-0.1, -0.05) is 12.1 Å². The van der Waals surface area contributed by atoms with Crippen LogP contribution in [0.15, 0.2) is 64.8 Å². The van der Waals surface area contributed by atoms with E-state index in [2.05, 4.69) is 26.2 Å². The number of pyridine rings is 1. The fourth-order valence-corrected chi connectivity index (χ4v) is 6.68. The summed E-state index contributed by atoms with van der Waals surface area (Å²) in [6.45, 7) is 2.56. The van der Waals surface area contributed by atoms with Gasteiger partial charge in [0.1, 0.15) is 21.9 Å². The maximum atomic E-state index is 13.7. The van der Waals surface area contributed by atoms with Crippen LogP contribution in [0.4, 0.5) is 0 Å². The fraction of sp³-hybridized carbons (Fsp3) is 0.323. The third kappa shape index (κ3) is 4.93. The van der Waals surface area contributed by atoms with Gasteiger partial charge in [-0.2, -0.15) is 5.10 Å². The normalized spacial score (nSPS) is 19.5. The summed E-state index contributed by atoms with van der Waals surface area (Å²) in [6, 6.07) is 9.61. The second-order valence-corrected chi connectivity index (χ2v) is 11.8. The number of hydrogen-bond acceptors (Lipinski definition) is 9. The number of ketones is 1. The standard InChI is InChI=1S/C31H30N6O4S/c1-40-31(7-12-36(19-31)18-28(39)37-10-5-21(6-11-37)30-33-9-13-42-30)27(38)15-20-2-3-24-23(14-20)29(35-34-24)26-16-22-17-32-8-4-25(22)41-26/h2-5,8-9,13-14,16-17H,6-7,10-12,15,18-19H2,1H3,(H,34,35)/t31-/m0/s1. The first-order valence-corrected chi connectivity index (χ1v) is 14.9. The van der Waals surface area contributed by atoms with Crippen molar-refractivity contribution in [3.8, 4) is 11.5 Å². The average Bonchev–Trinajstić information content (AvgIpc) is 3.83. The third-order valence-corrected chi connectivity index (χ3v) is 9.23. The van der Waals surface area contributed by atoms with Crippen LogP contribution in [0.25, 0.3) is 38.9 Å². The summed E-state index contributed by atoms with van der Waals surface area (Å²) in [6.07, 6.45) is 8.93. The number of likely N-dealkylation sites (tertiary alicyclic amines) is 1. The highest BCUT2D eigenvalue weighted by Gasteiger charge is 2.45. The molecular weight excluding hydrogens is 552 g/mol. The van der Waals surface area contributed by atoms with Crippen molar-refractivity contribution in [2.45, 2.75) is 24.9 Å². The number of rotatable bonds is 8. The summed E-state index contributed by atoms with van der Waals surface area (Å²) < 4.78 is 11.9. The van der Waals surface area contributed by atoms with Gasteiger partial charge in [0.25, 0.3) is 0 Å². The van der Waals surface area contributed by atoms with Crippen molar-refractivity contribution in [2.75, 3.05) is 39.8 Å². The molecule has 1 amide bonds. The number of Topliss-reactive ketones (excluding diaryl/α,β-unsaturated/α-hetero) is 1. The molecule has 6 heterocycles. The van der Waals surface area contributed by atoms with Crippen LogP contribution in [-0.4, -0.2) is 87.1 Å². The Labute approximate surface area is 246 Å². The number of carbonyl (C=O) groups is 2. The number of methoxy groups -OCH3 is 1. The van der Waals surface area contributed by atoms with Crippen molar-refractivity contribution in [1.29, 1.82) is 0 Å². The quantitative estimate of drug-likeness (QED) is 0.287. The number of H-pyrrole nitrogens is 1. The lowest BCUT2D eigenvalue weighted by molar-refractivity contribution is -0.140. The molecule has 0 aliphatic carbocycles. The number of ether oxygens (including phenoxy) is 1. The number of nitrogens with one attached hydrogen (secondary N) is 1. The van der Waals surface area contributed by atoms with E-state index < -0.39 is 5.60 Å². The summed E-state index contributed by atoms with van der Waals surface area (Å²) in [5.74, 6) is 0.719. The van der Waals surface area contributed by atoms with Crippen molar-refractivity contribution >= 4 is 50.5 Å². The van der Waals surface area contributed by atoms with Crippen LogP contribution in [-0.2, 0) is 20.7 Å². The van der Waals surface area contributed by atoms with E-state index in [0.717, 1.165) is 38.9 Å². The smallest absolute Gasteiger partial charge is 0.237 e. The molecule has 2 aliphatic heterocycles. The number of aromatic nitrogens is 4. The molecule has 1 atom stereocenters. The van der Waals surface area contributed by atoms with Crippen LogP contribution < -0.4 is 0 Å². The summed E-state index contributed by atoms with van der Waals surface area (Å²) in [4.78, 5) is 39.3. The van der Waals surface area contributed by atoms with E-state index >= 15 is 0 Å². The molecule has 42 heavy (non-hydrogen) atoms. The zero-order chi connectivity index (χ0) is 28.7. The molecule has 0 bridgehead atoms. The molecule has 0 saturated carbocycles. The predicted molar refractivity (Wildman–Crippen MR) is 160 cm³/mol. The van der Waals surface area contributed by atoms with E-state index in [1.807, 2.05) is 51.7 Å². The van der Waals surface area contributed by atoms with Crippen molar-refractivity contribution in [3.63, 3.8) is 0 Å². The van der Waals surface area contributed by atoms with Crippen molar-refractivity contribution in [3.05, 3.63) is 70.9 Å². The minimum Gasteiger partial charge on any atom is -0.454 e. The lowest BCUT2D eigenvalue weighted by atomic mass is 9.91. The molecule has 0 spiro atoms. The highest BCUT2D eigenvalue weighted by atomic mass is 32.1. The lowest BCUT2D eigenvalue weighted by Crippen LogP contribution is -2.46. The van der Waals surface area contributed by atoms with Gasteiger partial charge in [-0.25, -0.2) is 4.98 Å². The van der Waals surface area contributed by atoms with Crippen LogP contribution in [0.5, 0.6) is 0 Å². The van der Waals surface area contributed by atoms with Crippen LogP contribution >= 0.6 is 11.3 Å². The second-order valence-electron chi connectivity index (χ2n) is 10.9. The number of fused-ring (bicyclic) bond motifs is 2. The molecule has 1 saturated heterocycles. The molecule has 1 aromatic carbocycles. The molecule has 1 N–H and O–H groups in total. The maximum Gasteiger partial charge on any atom is 0.237 e. The van der Waals surface area contributed by atoms with Gasteiger partial charge in [0, 0.05) is 74.5 Å². The van der Waals surface area contributed by atoms with Gasteiger partial charge < -0.3 is 14.1 Å². The summed E-state index contributed by atoms with van der Waals surface area (Å²) >= 11 is 1.62. The minimum absolute atomic E-state index is 0.00755. The Morgan fingerprint density at radius 3 is 2.90 bits per heavy atom. The topological polar surface area (TPSA) is 117 Å². The highest BCUT2D eigenvalue weighted by Crippen LogP contribution is 2.33. The maximum absolute atomic E-state index is 13.7. The number of thiazole rings is 1. The first kappa shape index (κ1) is 26.7. The van der Waals surface area contributed by atoms with Gasteiger partial charge in [-0.3, -0.25) is 24.6 Å². The molecule has 0 radical (unpaired) electrons. The van der Waals surface area contributed by atoms with E-state index in [1.165, 1.54) is 5.57 Å². The van der Waals surface area contributed by atoms with E-state index in [0.29, 0.717) is 44.1 Å². The predicted octanol–water partition coefficient (Wildman–Crippen LogP) is 4.35. The largest absolute Gasteiger partial charge is 0.454 e. The highest BCUT2D eigenvalue weighted by molar-refractivity contribution is 7.10. The SMILES string of the molecule is CO[C@@]1(C(=O)Cc2ccc3[nH]nc(-c4cc5cnccc5o4)c3c2)CCN(CC(=O)N2CC=C(c3nccs3)CC2)C1. The average molecular weight is 583 g/mol. The van der Waals surface area contributed by atoms with Gasteiger partial charge in [0.05, 0.1) is 12.1 Å². The molecule has 1 fully saturated rings. The van der Waals surface area contributed by atoms with Gasteiger partial charge in [0.2, 0.25) is 5.91 Å². The van der Waals surface area contributed by atoms with Gasteiger partial charge in [-0.15, -0.1) is 11.3 Å². The molecule has 7 rings (SSSR count). The third-order valence-electron chi connectivity index (χ3n) is 8.38.